The molecule has 1 aliphatic heterocycles. The van der Waals surface area contributed by atoms with Gasteiger partial charge >= 0.3 is 0 Å². The lowest BCUT2D eigenvalue weighted by atomic mass is 10.2. The Morgan fingerprint density at radius 3 is 2.70 bits per heavy atom. The molecule has 0 spiro atoms. The first-order valence-electron chi connectivity index (χ1n) is 9.70. The maximum atomic E-state index is 12.5. The molecule has 1 aromatic heterocycles. The number of carbonyl (C=O) groups is 2. The van der Waals surface area contributed by atoms with Crippen LogP contribution in [0.3, 0.4) is 0 Å². The SMILES string of the molecule is COc1ccc(C(=O)Nc2nnc(SCC(=O)NCc3ccc4c(c3)OCO4)s2)cc1OC. The van der Waals surface area contributed by atoms with Crippen LogP contribution >= 0.6 is 23.1 Å². The molecule has 2 N–H and O–H groups in total. The zero-order chi connectivity index (χ0) is 23.2. The Hall–Kier alpha value is -3.51. The maximum absolute atomic E-state index is 12.5. The van der Waals surface area contributed by atoms with E-state index >= 15 is 0 Å². The molecule has 0 unspecified atom stereocenters. The predicted molar refractivity (Wildman–Crippen MR) is 123 cm³/mol. The van der Waals surface area contributed by atoms with Gasteiger partial charge in [-0.25, -0.2) is 0 Å². The van der Waals surface area contributed by atoms with Crippen LogP contribution in [0.5, 0.6) is 23.0 Å². The summed E-state index contributed by atoms with van der Waals surface area (Å²) in [7, 11) is 3.02. The highest BCUT2D eigenvalue weighted by Gasteiger charge is 2.15. The van der Waals surface area contributed by atoms with Gasteiger partial charge in [0.15, 0.2) is 27.3 Å². The standard InChI is InChI=1S/C21H20N4O6S2/c1-28-14-6-4-13(8-16(14)29-2)19(27)23-20-24-25-21(33-20)32-10-18(26)22-9-12-3-5-15-17(7-12)31-11-30-15/h3-8H,9-11H2,1-2H3,(H,22,26)(H,23,24,27). The van der Waals surface area contributed by atoms with E-state index in [0.29, 0.717) is 44.6 Å². The Labute approximate surface area is 197 Å². The van der Waals surface area contributed by atoms with Gasteiger partial charge in [0.05, 0.1) is 20.0 Å². The lowest BCUT2D eigenvalue weighted by Crippen LogP contribution is -2.24. The van der Waals surface area contributed by atoms with E-state index < -0.39 is 0 Å². The van der Waals surface area contributed by atoms with Gasteiger partial charge in [-0.05, 0) is 35.9 Å². The number of aromatic nitrogens is 2. The molecular weight excluding hydrogens is 468 g/mol. The molecular formula is C21H20N4O6S2. The summed E-state index contributed by atoms with van der Waals surface area (Å²) in [6.45, 7) is 0.582. The minimum Gasteiger partial charge on any atom is -0.493 e. The third-order valence-corrected chi connectivity index (χ3v) is 6.50. The highest BCUT2D eigenvalue weighted by molar-refractivity contribution is 8.01. The van der Waals surface area contributed by atoms with E-state index in [1.54, 1.807) is 18.2 Å². The summed E-state index contributed by atoms with van der Waals surface area (Å²) in [5, 5.41) is 13.9. The number of ether oxygens (including phenoxy) is 4. The number of carbonyl (C=O) groups excluding carboxylic acids is 2. The molecule has 1 aliphatic rings. The van der Waals surface area contributed by atoms with E-state index in [1.807, 2.05) is 18.2 Å². The van der Waals surface area contributed by atoms with Crippen molar-refractivity contribution in [1.82, 2.24) is 15.5 Å². The van der Waals surface area contributed by atoms with Gasteiger partial charge in [0.1, 0.15) is 0 Å². The van der Waals surface area contributed by atoms with Crippen LogP contribution in [-0.2, 0) is 11.3 Å². The van der Waals surface area contributed by atoms with Crippen LogP contribution in [0, 0.1) is 0 Å². The number of methoxy groups -OCH3 is 2. The van der Waals surface area contributed by atoms with Crippen molar-refractivity contribution in [2.45, 2.75) is 10.9 Å². The zero-order valence-electron chi connectivity index (χ0n) is 17.7. The molecule has 0 aliphatic carbocycles. The van der Waals surface area contributed by atoms with E-state index in [2.05, 4.69) is 20.8 Å². The van der Waals surface area contributed by atoms with Gasteiger partial charge in [0, 0.05) is 12.1 Å². The van der Waals surface area contributed by atoms with Crippen molar-refractivity contribution >= 4 is 40.0 Å². The number of amides is 2. The zero-order valence-corrected chi connectivity index (χ0v) is 19.4. The highest BCUT2D eigenvalue weighted by atomic mass is 32.2. The molecule has 10 nitrogen and oxygen atoms in total. The second-order valence-electron chi connectivity index (χ2n) is 6.65. The van der Waals surface area contributed by atoms with Gasteiger partial charge < -0.3 is 24.3 Å². The average Bonchev–Trinajstić information content (AvgIpc) is 3.49. The number of benzene rings is 2. The molecule has 0 fully saturated rings. The Balaban J connectivity index is 1.25. The first kappa shape index (κ1) is 22.7. The molecule has 2 heterocycles. The van der Waals surface area contributed by atoms with Crippen molar-refractivity contribution in [3.63, 3.8) is 0 Å². The number of nitrogens with one attached hydrogen (secondary N) is 2. The van der Waals surface area contributed by atoms with Gasteiger partial charge in [-0.1, -0.05) is 29.2 Å². The van der Waals surface area contributed by atoms with Crippen LogP contribution in [0.4, 0.5) is 5.13 Å². The van der Waals surface area contributed by atoms with E-state index in [4.69, 9.17) is 18.9 Å². The largest absolute Gasteiger partial charge is 0.493 e. The Morgan fingerprint density at radius 1 is 1.06 bits per heavy atom. The monoisotopic (exact) mass is 488 g/mol. The van der Waals surface area contributed by atoms with Gasteiger partial charge in [-0.15, -0.1) is 10.2 Å². The van der Waals surface area contributed by atoms with Gasteiger partial charge in [-0.2, -0.15) is 0 Å². The molecule has 12 heteroatoms. The minimum absolute atomic E-state index is 0.149. The summed E-state index contributed by atoms with van der Waals surface area (Å²) in [6, 6.07) is 10.4. The first-order valence-corrected chi connectivity index (χ1v) is 11.5. The first-order chi connectivity index (χ1) is 16.1. The summed E-state index contributed by atoms with van der Waals surface area (Å²) < 4.78 is 21.6. The summed E-state index contributed by atoms with van der Waals surface area (Å²) in [6.07, 6.45) is 0. The van der Waals surface area contributed by atoms with Gasteiger partial charge in [-0.3, -0.25) is 14.9 Å². The lowest BCUT2D eigenvalue weighted by Gasteiger charge is -2.08. The normalized spacial score (nSPS) is 11.7. The smallest absolute Gasteiger partial charge is 0.257 e. The van der Waals surface area contributed by atoms with Crippen molar-refractivity contribution in [3.05, 3.63) is 47.5 Å². The van der Waals surface area contributed by atoms with Crippen LogP contribution in [0.25, 0.3) is 0 Å². The number of thioether (sulfide) groups is 1. The van der Waals surface area contributed by atoms with Crippen molar-refractivity contribution in [1.29, 1.82) is 0 Å². The number of hydrogen-bond acceptors (Lipinski definition) is 10. The molecule has 172 valence electrons. The molecule has 2 amide bonds. The molecule has 33 heavy (non-hydrogen) atoms. The quantitative estimate of drug-likeness (QED) is 0.346. The number of rotatable bonds is 9. The average molecular weight is 489 g/mol. The second kappa shape index (κ2) is 10.4. The fourth-order valence-corrected chi connectivity index (χ4v) is 4.47. The fraction of sp³-hybridized carbons (Fsp3) is 0.238. The molecule has 0 atom stereocenters. The molecule has 0 saturated carbocycles. The molecule has 2 aromatic carbocycles. The van der Waals surface area contributed by atoms with Crippen LogP contribution in [0.15, 0.2) is 40.7 Å². The van der Waals surface area contributed by atoms with Gasteiger partial charge in [0.2, 0.25) is 17.8 Å². The van der Waals surface area contributed by atoms with Gasteiger partial charge in [0.25, 0.3) is 5.91 Å². The Kier molecular flexibility index (Phi) is 7.15. The predicted octanol–water partition coefficient (Wildman–Crippen LogP) is 2.94. The topological polar surface area (TPSA) is 121 Å². The molecule has 0 saturated heterocycles. The highest BCUT2D eigenvalue weighted by Crippen LogP contribution is 2.32. The molecule has 3 aromatic rings. The summed E-state index contributed by atoms with van der Waals surface area (Å²) >= 11 is 2.42. The van der Waals surface area contributed by atoms with Crippen molar-refractivity contribution < 1.29 is 28.5 Å². The summed E-state index contributed by atoms with van der Waals surface area (Å²) in [5.41, 5.74) is 1.30. The number of anilines is 1. The lowest BCUT2D eigenvalue weighted by molar-refractivity contribution is -0.118. The molecule has 0 radical (unpaired) electrons. The van der Waals surface area contributed by atoms with Crippen molar-refractivity contribution in [2.24, 2.45) is 0 Å². The maximum Gasteiger partial charge on any atom is 0.257 e. The summed E-state index contributed by atoms with van der Waals surface area (Å²) in [4.78, 5) is 24.7. The van der Waals surface area contributed by atoms with Crippen LogP contribution in [-0.4, -0.2) is 48.8 Å². The Morgan fingerprint density at radius 2 is 1.88 bits per heavy atom. The minimum atomic E-state index is -0.356. The third-order valence-electron chi connectivity index (χ3n) is 4.53. The number of nitrogens with zero attached hydrogens (tertiary/aromatic N) is 2. The summed E-state index contributed by atoms with van der Waals surface area (Å²) in [5.74, 6) is 2.02. The van der Waals surface area contributed by atoms with Crippen molar-refractivity contribution in [3.8, 4) is 23.0 Å². The van der Waals surface area contributed by atoms with E-state index in [1.165, 1.54) is 37.3 Å². The van der Waals surface area contributed by atoms with E-state index in [9.17, 15) is 9.59 Å². The Bertz CT molecular complexity index is 1170. The number of fused-ring (bicyclic) bond motifs is 1. The third kappa shape index (κ3) is 5.65. The molecule has 0 bridgehead atoms. The van der Waals surface area contributed by atoms with Crippen LogP contribution in [0.1, 0.15) is 15.9 Å². The second-order valence-corrected chi connectivity index (χ2v) is 8.85. The van der Waals surface area contributed by atoms with Crippen LogP contribution < -0.4 is 29.6 Å². The van der Waals surface area contributed by atoms with Crippen molar-refractivity contribution in [2.75, 3.05) is 32.1 Å². The van der Waals surface area contributed by atoms with E-state index in [-0.39, 0.29) is 24.4 Å². The van der Waals surface area contributed by atoms with E-state index in [0.717, 1.165) is 5.56 Å². The number of hydrogen-bond donors (Lipinski definition) is 2. The molecule has 4 rings (SSSR count). The fourth-order valence-electron chi connectivity index (χ4n) is 2.90. The van der Waals surface area contributed by atoms with Crippen LogP contribution in [0.2, 0.25) is 0 Å².